The van der Waals surface area contributed by atoms with Gasteiger partial charge in [0.15, 0.2) is 0 Å². The van der Waals surface area contributed by atoms with Gasteiger partial charge in [-0.25, -0.2) is 4.79 Å². The Hall–Kier alpha value is -2.77. The van der Waals surface area contributed by atoms with E-state index in [0.29, 0.717) is 26.1 Å². The maximum absolute atomic E-state index is 12.6. The van der Waals surface area contributed by atoms with Crippen molar-refractivity contribution in [2.24, 2.45) is 0 Å². The highest BCUT2D eigenvalue weighted by atomic mass is 16.6. The van der Waals surface area contributed by atoms with Crippen molar-refractivity contribution < 1.29 is 23.9 Å². The molecule has 0 aromatic heterocycles. The van der Waals surface area contributed by atoms with E-state index >= 15 is 0 Å². The van der Waals surface area contributed by atoms with Gasteiger partial charge in [0.05, 0.1) is 13.0 Å². The molecule has 0 atom stereocenters. The molecule has 8 heteroatoms. The molecular formula is C23H35N3O5. The van der Waals surface area contributed by atoms with Crippen LogP contribution >= 0.6 is 0 Å². The molecular weight excluding hydrogens is 398 g/mol. The van der Waals surface area contributed by atoms with Crippen LogP contribution < -0.4 is 15.4 Å². The SMILES string of the molecule is CCOc1ccc(CC(=O)N2CCC(NC(=O)CCNC(=O)OC(C)(C)C)CC2)cc1. The lowest BCUT2D eigenvalue weighted by Crippen LogP contribution is -2.47. The topological polar surface area (TPSA) is 97.0 Å². The van der Waals surface area contributed by atoms with Gasteiger partial charge in [-0.15, -0.1) is 0 Å². The number of nitrogens with zero attached hydrogens (tertiary/aromatic N) is 1. The summed E-state index contributed by atoms with van der Waals surface area (Å²) in [6.07, 6.45) is 1.47. The van der Waals surface area contributed by atoms with Crippen molar-refractivity contribution in [2.75, 3.05) is 26.2 Å². The second-order valence-corrected chi connectivity index (χ2v) is 8.65. The number of alkyl carbamates (subject to hydrolysis) is 1. The number of rotatable bonds is 8. The summed E-state index contributed by atoms with van der Waals surface area (Å²) in [6, 6.07) is 7.64. The van der Waals surface area contributed by atoms with Crippen molar-refractivity contribution in [1.29, 1.82) is 0 Å². The zero-order valence-corrected chi connectivity index (χ0v) is 19.0. The van der Waals surface area contributed by atoms with Crippen LogP contribution in [-0.2, 0) is 20.7 Å². The Balaban J connectivity index is 1.65. The predicted molar refractivity (Wildman–Crippen MR) is 118 cm³/mol. The van der Waals surface area contributed by atoms with Crippen molar-refractivity contribution in [2.45, 2.75) is 65.0 Å². The maximum atomic E-state index is 12.6. The third-order valence-corrected chi connectivity index (χ3v) is 4.82. The zero-order chi connectivity index (χ0) is 22.9. The minimum Gasteiger partial charge on any atom is -0.494 e. The molecule has 0 bridgehead atoms. The molecule has 2 N–H and O–H groups in total. The first-order valence-corrected chi connectivity index (χ1v) is 10.9. The smallest absolute Gasteiger partial charge is 0.407 e. The summed E-state index contributed by atoms with van der Waals surface area (Å²) in [6.45, 7) is 9.38. The summed E-state index contributed by atoms with van der Waals surface area (Å²) in [5, 5.41) is 5.57. The molecule has 0 unspecified atom stereocenters. The van der Waals surface area contributed by atoms with Gasteiger partial charge < -0.3 is 25.0 Å². The highest BCUT2D eigenvalue weighted by Gasteiger charge is 2.24. The Bertz CT molecular complexity index is 735. The number of likely N-dealkylation sites (tertiary alicyclic amines) is 1. The Morgan fingerprint density at radius 3 is 2.32 bits per heavy atom. The van der Waals surface area contributed by atoms with Gasteiger partial charge in [0.1, 0.15) is 11.4 Å². The lowest BCUT2D eigenvalue weighted by atomic mass is 10.0. The van der Waals surface area contributed by atoms with Crippen molar-refractivity contribution in [3.63, 3.8) is 0 Å². The van der Waals surface area contributed by atoms with E-state index in [4.69, 9.17) is 9.47 Å². The molecule has 31 heavy (non-hydrogen) atoms. The van der Waals surface area contributed by atoms with E-state index in [1.165, 1.54) is 0 Å². The molecule has 1 heterocycles. The van der Waals surface area contributed by atoms with Crippen LogP contribution in [0.5, 0.6) is 5.75 Å². The van der Waals surface area contributed by atoms with Crippen LogP contribution in [0.3, 0.4) is 0 Å². The van der Waals surface area contributed by atoms with Gasteiger partial charge in [0.2, 0.25) is 11.8 Å². The van der Waals surface area contributed by atoms with E-state index in [-0.39, 0.29) is 30.8 Å². The fourth-order valence-electron chi connectivity index (χ4n) is 3.32. The van der Waals surface area contributed by atoms with E-state index in [9.17, 15) is 14.4 Å². The van der Waals surface area contributed by atoms with Crippen LogP contribution in [0.15, 0.2) is 24.3 Å². The molecule has 0 spiro atoms. The number of amides is 3. The van der Waals surface area contributed by atoms with Crippen molar-refractivity contribution in [1.82, 2.24) is 15.5 Å². The van der Waals surface area contributed by atoms with Crippen LogP contribution in [0.4, 0.5) is 4.79 Å². The van der Waals surface area contributed by atoms with Gasteiger partial charge in [-0.3, -0.25) is 9.59 Å². The highest BCUT2D eigenvalue weighted by molar-refractivity contribution is 5.79. The number of hydrogen-bond donors (Lipinski definition) is 2. The number of piperidine rings is 1. The highest BCUT2D eigenvalue weighted by Crippen LogP contribution is 2.16. The third kappa shape index (κ3) is 9.27. The lowest BCUT2D eigenvalue weighted by Gasteiger charge is -2.32. The fraction of sp³-hybridized carbons (Fsp3) is 0.609. The molecule has 0 aliphatic carbocycles. The molecule has 1 aliphatic heterocycles. The van der Waals surface area contributed by atoms with Crippen LogP contribution in [0.2, 0.25) is 0 Å². The Morgan fingerprint density at radius 2 is 1.74 bits per heavy atom. The van der Waals surface area contributed by atoms with E-state index in [2.05, 4.69) is 10.6 Å². The first-order valence-electron chi connectivity index (χ1n) is 10.9. The third-order valence-electron chi connectivity index (χ3n) is 4.82. The molecule has 1 aromatic rings. The number of carbonyl (C=O) groups is 3. The maximum Gasteiger partial charge on any atom is 0.407 e. The Kier molecular flexibility index (Phi) is 9.15. The average Bonchev–Trinajstić information content (AvgIpc) is 2.69. The average molecular weight is 434 g/mol. The second-order valence-electron chi connectivity index (χ2n) is 8.65. The number of benzene rings is 1. The van der Waals surface area contributed by atoms with Gasteiger partial charge in [0.25, 0.3) is 0 Å². The number of hydrogen-bond acceptors (Lipinski definition) is 5. The van der Waals surface area contributed by atoms with Gasteiger partial charge in [0, 0.05) is 32.1 Å². The first-order chi connectivity index (χ1) is 14.7. The summed E-state index contributed by atoms with van der Waals surface area (Å²) in [4.78, 5) is 38.1. The summed E-state index contributed by atoms with van der Waals surface area (Å²) < 4.78 is 10.6. The molecule has 1 fully saturated rings. The molecule has 1 aromatic carbocycles. The number of carbonyl (C=O) groups excluding carboxylic acids is 3. The van der Waals surface area contributed by atoms with E-state index in [0.717, 1.165) is 24.2 Å². The van der Waals surface area contributed by atoms with Gasteiger partial charge in [-0.1, -0.05) is 12.1 Å². The molecule has 1 aliphatic rings. The first kappa shape index (κ1) is 24.5. The Morgan fingerprint density at radius 1 is 1.10 bits per heavy atom. The Labute approximate surface area is 184 Å². The molecule has 0 saturated carbocycles. The van der Waals surface area contributed by atoms with Crippen molar-refractivity contribution in [3.8, 4) is 5.75 Å². The monoisotopic (exact) mass is 433 g/mol. The molecule has 2 rings (SSSR count). The van der Waals surface area contributed by atoms with E-state index in [1.807, 2.05) is 36.1 Å². The van der Waals surface area contributed by atoms with Crippen LogP contribution in [0, 0.1) is 0 Å². The van der Waals surface area contributed by atoms with E-state index in [1.54, 1.807) is 20.8 Å². The number of ether oxygens (including phenoxy) is 2. The molecule has 8 nitrogen and oxygen atoms in total. The van der Waals surface area contributed by atoms with Crippen molar-refractivity contribution in [3.05, 3.63) is 29.8 Å². The van der Waals surface area contributed by atoms with Crippen LogP contribution in [0.25, 0.3) is 0 Å². The quantitative estimate of drug-likeness (QED) is 0.657. The van der Waals surface area contributed by atoms with Gasteiger partial charge in [-0.2, -0.15) is 0 Å². The lowest BCUT2D eigenvalue weighted by molar-refractivity contribution is -0.131. The normalized spacial score (nSPS) is 14.6. The molecule has 1 saturated heterocycles. The fourth-order valence-corrected chi connectivity index (χ4v) is 3.32. The molecule has 172 valence electrons. The molecule has 0 radical (unpaired) electrons. The minimum absolute atomic E-state index is 0.0450. The van der Waals surface area contributed by atoms with Crippen LogP contribution in [0.1, 0.15) is 52.5 Å². The predicted octanol–water partition coefficient (Wildman–Crippen LogP) is 2.65. The molecule has 3 amide bonds. The van der Waals surface area contributed by atoms with Gasteiger partial charge in [-0.05, 0) is 58.2 Å². The van der Waals surface area contributed by atoms with Crippen molar-refractivity contribution >= 4 is 17.9 Å². The van der Waals surface area contributed by atoms with Gasteiger partial charge >= 0.3 is 6.09 Å². The summed E-state index contributed by atoms with van der Waals surface area (Å²) in [5.74, 6) is 0.780. The zero-order valence-electron chi connectivity index (χ0n) is 19.0. The minimum atomic E-state index is -0.565. The van der Waals surface area contributed by atoms with E-state index < -0.39 is 11.7 Å². The summed E-state index contributed by atoms with van der Waals surface area (Å²) >= 11 is 0. The van der Waals surface area contributed by atoms with Crippen LogP contribution in [-0.4, -0.2) is 60.7 Å². The number of nitrogens with one attached hydrogen (secondary N) is 2. The summed E-state index contributed by atoms with van der Waals surface area (Å²) in [7, 11) is 0. The standard InChI is InChI=1S/C23H35N3O5/c1-5-30-19-8-6-17(7-9-19)16-21(28)26-14-11-18(12-15-26)25-20(27)10-13-24-22(29)31-23(2,3)4/h6-9,18H,5,10-16H2,1-4H3,(H,24,29)(H,25,27). The summed E-state index contributed by atoms with van der Waals surface area (Å²) in [5.41, 5.74) is 0.395. The second kappa shape index (κ2) is 11.6. The largest absolute Gasteiger partial charge is 0.494 e.